The molecule has 1 saturated heterocycles. The molecular weight excluding hydrogens is 409 g/mol. The number of carbonyl (C=O) groups excluding carboxylic acids is 2. The fourth-order valence-corrected chi connectivity index (χ4v) is 3.17. The predicted molar refractivity (Wildman–Crippen MR) is 96.3 cm³/mol. The number of amides is 2. The van der Waals surface area contributed by atoms with Crippen LogP contribution in [0.25, 0.3) is 0 Å². The molecule has 134 valence electrons. The topological polar surface area (TPSA) is 92.5 Å². The highest BCUT2D eigenvalue weighted by atomic mass is 79.9. The average Bonchev–Trinajstić information content (AvgIpc) is 2.99. The molecule has 1 N–H and O–H groups in total. The van der Waals surface area contributed by atoms with Crippen LogP contribution in [0.5, 0.6) is 0 Å². The molecule has 0 spiro atoms. The van der Waals surface area contributed by atoms with Crippen molar-refractivity contribution in [3.05, 3.63) is 62.9 Å². The van der Waals surface area contributed by atoms with E-state index in [0.29, 0.717) is 15.8 Å². The van der Waals surface area contributed by atoms with Crippen LogP contribution in [0.4, 0.5) is 21.5 Å². The minimum absolute atomic E-state index is 0.0355. The van der Waals surface area contributed by atoms with Crippen LogP contribution in [0.1, 0.15) is 6.42 Å². The SMILES string of the molecule is O=C(Nc1ccc([N+](=O)[O-])cc1Br)C1CC(=O)N(c2ccc(F)cc2)C1. The third-order valence-electron chi connectivity index (χ3n) is 4.06. The van der Waals surface area contributed by atoms with E-state index in [0.717, 1.165) is 0 Å². The molecule has 2 aromatic carbocycles. The highest BCUT2D eigenvalue weighted by Gasteiger charge is 2.35. The van der Waals surface area contributed by atoms with Gasteiger partial charge in [-0.05, 0) is 46.3 Å². The normalized spacial score (nSPS) is 16.6. The highest BCUT2D eigenvalue weighted by Crippen LogP contribution is 2.30. The van der Waals surface area contributed by atoms with E-state index >= 15 is 0 Å². The first kappa shape index (κ1) is 18.0. The third kappa shape index (κ3) is 3.72. The second kappa shape index (κ2) is 7.20. The Morgan fingerprint density at radius 3 is 2.58 bits per heavy atom. The Balaban J connectivity index is 1.70. The molecule has 2 amide bonds. The number of nitrogens with one attached hydrogen (secondary N) is 1. The van der Waals surface area contributed by atoms with E-state index in [4.69, 9.17) is 0 Å². The van der Waals surface area contributed by atoms with E-state index in [1.165, 1.54) is 47.4 Å². The van der Waals surface area contributed by atoms with Gasteiger partial charge in [-0.25, -0.2) is 4.39 Å². The summed E-state index contributed by atoms with van der Waals surface area (Å²) < 4.78 is 13.4. The summed E-state index contributed by atoms with van der Waals surface area (Å²) in [6, 6.07) is 9.48. The highest BCUT2D eigenvalue weighted by molar-refractivity contribution is 9.10. The maximum atomic E-state index is 13.0. The maximum Gasteiger partial charge on any atom is 0.270 e. The summed E-state index contributed by atoms with van der Waals surface area (Å²) in [5.41, 5.74) is 0.810. The van der Waals surface area contributed by atoms with Gasteiger partial charge in [0.1, 0.15) is 5.82 Å². The first-order valence-electron chi connectivity index (χ1n) is 7.66. The zero-order valence-electron chi connectivity index (χ0n) is 13.3. The van der Waals surface area contributed by atoms with Gasteiger partial charge in [-0.1, -0.05) is 0 Å². The molecule has 0 aromatic heterocycles. The molecule has 0 saturated carbocycles. The third-order valence-corrected chi connectivity index (χ3v) is 4.71. The Kier molecular flexibility index (Phi) is 4.99. The molecule has 1 unspecified atom stereocenters. The van der Waals surface area contributed by atoms with Gasteiger partial charge in [0, 0.05) is 35.3 Å². The largest absolute Gasteiger partial charge is 0.325 e. The molecule has 1 heterocycles. The molecule has 1 aliphatic heterocycles. The molecule has 2 aromatic rings. The molecule has 1 aliphatic rings. The van der Waals surface area contributed by atoms with Crippen LogP contribution in [0.15, 0.2) is 46.9 Å². The Labute approximate surface area is 156 Å². The van der Waals surface area contributed by atoms with Crippen molar-refractivity contribution in [1.82, 2.24) is 0 Å². The summed E-state index contributed by atoms with van der Waals surface area (Å²) in [4.78, 5) is 36.3. The Bertz CT molecular complexity index is 888. The lowest BCUT2D eigenvalue weighted by atomic mass is 10.1. The number of non-ortho nitro benzene ring substituents is 1. The van der Waals surface area contributed by atoms with Crippen molar-refractivity contribution in [3.8, 4) is 0 Å². The van der Waals surface area contributed by atoms with Crippen molar-refractivity contribution >= 4 is 44.8 Å². The number of nitro groups is 1. The lowest BCUT2D eigenvalue weighted by molar-refractivity contribution is -0.384. The lowest BCUT2D eigenvalue weighted by Crippen LogP contribution is -2.28. The number of anilines is 2. The van der Waals surface area contributed by atoms with Crippen LogP contribution in [0, 0.1) is 21.8 Å². The van der Waals surface area contributed by atoms with E-state index < -0.39 is 16.7 Å². The lowest BCUT2D eigenvalue weighted by Gasteiger charge is -2.16. The van der Waals surface area contributed by atoms with Crippen LogP contribution in [0.2, 0.25) is 0 Å². The van der Waals surface area contributed by atoms with Gasteiger partial charge in [-0.2, -0.15) is 0 Å². The molecule has 0 bridgehead atoms. The van der Waals surface area contributed by atoms with Gasteiger partial charge >= 0.3 is 0 Å². The van der Waals surface area contributed by atoms with Crippen molar-refractivity contribution in [2.24, 2.45) is 5.92 Å². The van der Waals surface area contributed by atoms with Crippen molar-refractivity contribution < 1.29 is 18.9 Å². The number of benzene rings is 2. The molecule has 26 heavy (non-hydrogen) atoms. The van der Waals surface area contributed by atoms with Crippen molar-refractivity contribution in [3.63, 3.8) is 0 Å². The maximum absolute atomic E-state index is 13.0. The predicted octanol–water partition coefficient (Wildman–Crippen LogP) is 3.49. The summed E-state index contributed by atoms with van der Waals surface area (Å²) in [6.45, 7) is 0.181. The summed E-state index contributed by atoms with van der Waals surface area (Å²) >= 11 is 3.19. The summed E-state index contributed by atoms with van der Waals surface area (Å²) in [7, 11) is 0. The fraction of sp³-hybridized carbons (Fsp3) is 0.176. The first-order chi connectivity index (χ1) is 12.3. The molecule has 1 atom stereocenters. The van der Waals surface area contributed by atoms with Gasteiger partial charge < -0.3 is 10.2 Å². The number of rotatable bonds is 4. The van der Waals surface area contributed by atoms with E-state index in [2.05, 4.69) is 21.2 Å². The quantitative estimate of drug-likeness (QED) is 0.603. The molecule has 0 aliphatic carbocycles. The first-order valence-corrected chi connectivity index (χ1v) is 8.45. The monoisotopic (exact) mass is 421 g/mol. The Morgan fingerprint density at radius 2 is 1.96 bits per heavy atom. The van der Waals surface area contributed by atoms with E-state index in [-0.39, 0.29) is 30.5 Å². The van der Waals surface area contributed by atoms with Gasteiger partial charge in [-0.15, -0.1) is 0 Å². The van der Waals surface area contributed by atoms with Crippen LogP contribution >= 0.6 is 15.9 Å². The van der Waals surface area contributed by atoms with Gasteiger partial charge in [0.15, 0.2) is 0 Å². The summed E-state index contributed by atoms with van der Waals surface area (Å²) in [5, 5.41) is 13.4. The number of nitro benzene ring substituents is 1. The van der Waals surface area contributed by atoms with Crippen molar-refractivity contribution in [2.75, 3.05) is 16.8 Å². The molecule has 7 nitrogen and oxygen atoms in total. The number of hydrogen-bond donors (Lipinski definition) is 1. The molecule has 1 fully saturated rings. The van der Waals surface area contributed by atoms with Gasteiger partial charge in [0.05, 0.1) is 16.5 Å². The Hall–Kier alpha value is -2.81. The minimum atomic E-state index is -0.574. The zero-order valence-corrected chi connectivity index (χ0v) is 14.9. The van der Waals surface area contributed by atoms with Crippen LogP contribution in [0.3, 0.4) is 0 Å². The van der Waals surface area contributed by atoms with Crippen molar-refractivity contribution in [1.29, 1.82) is 0 Å². The summed E-state index contributed by atoms with van der Waals surface area (Å²) in [6.07, 6.45) is 0.0355. The van der Waals surface area contributed by atoms with E-state index in [1.54, 1.807) is 0 Å². The van der Waals surface area contributed by atoms with Gasteiger partial charge in [-0.3, -0.25) is 19.7 Å². The molecule has 3 rings (SSSR count). The number of carbonyl (C=O) groups is 2. The fourth-order valence-electron chi connectivity index (χ4n) is 2.71. The average molecular weight is 422 g/mol. The van der Waals surface area contributed by atoms with E-state index in [9.17, 15) is 24.1 Å². The number of hydrogen-bond acceptors (Lipinski definition) is 4. The zero-order chi connectivity index (χ0) is 18.8. The standard InChI is InChI=1S/C17H13BrFN3O4/c18-14-8-13(22(25)26)5-6-15(14)20-17(24)10-7-16(23)21(9-10)12-3-1-11(19)2-4-12/h1-6,8,10H,7,9H2,(H,20,24). The molecule has 0 radical (unpaired) electrons. The van der Waals surface area contributed by atoms with Crippen LogP contribution in [-0.4, -0.2) is 23.3 Å². The van der Waals surface area contributed by atoms with Crippen LogP contribution < -0.4 is 10.2 Å². The molecular formula is C17H13BrFN3O4. The molecule has 9 heteroatoms. The second-order valence-electron chi connectivity index (χ2n) is 5.79. The van der Waals surface area contributed by atoms with Gasteiger partial charge in [0.2, 0.25) is 11.8 Å². The number of halogens is 2. The van der Waals surface area contributed by atoms with Gasteiger partial charge in [0.25, 0.3) is 5.69 Å². The Morgan fingerprint density at radius 1 is 1.27 bits per heavy atom. The smallest absolute Gasteiger partial charge is 0.270 e. The second-order valence-corrected chi connectivity index (χ2v) is 6.65. The minimum Gasteiger partial charge on any atom is -0.325 e. The summed E-state index contributed by atoms with van der Waals surface area (Å²) in [5.74, 6) is -1.57. The van der Waals surface area contributed by atoms with E-state index in [1.807, 2.05) is 0 Å². The van der Waals surface area contributed by atoms with Crippen LogP contribution in [-0.2, 0) is 9.59 Å². The van der Waals surface area contributed by atoms with Crippen molar-refractivity contribution in [2.45, 2.75) is 6.42 Å². The number of nitrogens with zero attached hydrogens (tertiary/aromatic N) is 2.